The van der Waals surface area contributed by atoms with Gasteiger partial charge in [0.25, 0.3) is 0 Å². The van der Waals surface area contributed by atoms with E-state index >= 15 is 0 Å². The second-order valence-electron chi connectivity index (χ2n) is 3.37. The van der Waals surface area contributed by atoms with Gasteiger partial charge in [0.2, 0.25) is 0 Å². The van der Waals surface area contributed by atoms with Crippen LogP contribution in [0.2, 0.25) is 5.02 Å². The van der Waals surface area contributed by atoms with Gasteiger partial charge >= 0.3 is 18.3 Å². The van der Waals surface area contributed by atoms with Crippen LogP contribution >= 0.6 is 11.6 Å². The lowest BCUT2D eigenvalue weighted by Crippen LogP contribution is -2.18. The van der Waals surface area contributed by atoms with Crippen molar-refractivity contribution in [2.75, 3.05) is 7.11 Å². The number of carbonyl (C=O) groups excluding carboxylic acids is 1. The highest BCUT2D eigenvalue weighted by atomic mass is 35.5. The summed E-state index contributed by atoms with van der Waals surface area (Å²) in [5, 5.41) is -1.22. The summed E-state index contributed by atoms with van der Waals surface area (Å²) in [7, 11) is 0.876. The predicted octanol–water partition coefficient (Wildman–Crippen LogP) is 4.16. The molecule has 0 saturated heterocycles. The Hall–Kier alpha value is -1.44. The highest BCUT2D eigenvalue weighted by Crippen LogP contribution is 2.44. The molecule has 0 spiro atoms. The first-order valence-electron chi connectivity index (χ1n) is 4.54. The normalized spacial score (nSPS) is 12.4. The summed E-state index contributed by atoms with van der Waals surface area (Å²) in [5.74, 6) is -1.22. The summed E-state index contributed by atoms with van der Waals surface area (Å²) in [4.78, 5) is 11.1. The number of benzene rings is 1. The Kier molecular flexibility index (Phi) is 4.04. The van der Waals surface area contributed by atoms with Crippen molar-refractivity contribution in [3.63, 3.8) is 0 Å². The largest absolute Gasteiger partial charge is 0.465 e. The number of carbonyl (C=O) groups is 1. The van der Waals surface area contributed by atoms with Gasteiger partial charge in [0.1, 0.15) is 0 Å². The average molecular weight is 307 g/mol. The zero-order valence-electron chi connectivity index (χ0n) is 9.12. The third kappa shape index (κ3) is 3.31. The molecule has 1 aromatic rings. The third-order valence-electron chi connectivity index (χ3n) is 2.10. The standard InChI is InChI=1S/C10H5ClF6O2/c1-19-8(18)4-2-5(9(12,13)14)7(6(11)3-4)10(15,16)17/h2-3H,1H3. The molecule has 0 fully saturated rings. The highest BCUT2D eigenvalue weighted by molar-refractivity contribution is 6.32. The molecule has 0 unspecified atom stereocenters. The van der Waals surface area contributed by atoms with Crippen LogP contribution in [0.1, 0.15) is 21.5 Å². The summed E-state index contributed by atoms with van der Waals surface area (Å²) in [6.07, 6.45) is -10.6. The monoisotopic (exact) mass is 306 g/mol. The Balaban J connectivity index is 3.63. The van der Waals surface area contributed by atoms with Crippen LogP contribution in [0, 0.1) is 0 Å². The lowest BCUT2D eigenvalue weighted by Gasteiger charge is -2.17. The first kappa shape index (κ1) is 15.6. The van der Waals surface area contributed by atoms with E-state index in [-0.39, 0.29) is 6.07 Å². The van der Waals surface area contributed by atoms with Gasteiger partial charge < -0.3 is 4.74 Å². The number of ether oxygens (including phenoxy) is 1. The minimum absolute atomic E-state index is 0.0561. The van der Waals surface area contributed by atoms with Crippen molar-refractivity contribution in [3.8, 4) is 0 Å². The molecule has 106 valence electrons. The van der Waals surface area contributed by atoms with E-state index in [0.717, 1.165) is 7.11 Å². The van der Waals surface area contributed by atoms with Crippen molar-refractivity contribution in [1.82, 2.24) is 0 Å². The molecule has 0 aliphatic carbocycles. The molecule has 1 aromatic carbocycles. The zero-order valence-corrected chi connectivity index (χ0v) is 9.87. The molecule has 0 N–H and O–H groups in total. The summed E-state index contributed by atoms with van der Waals surface area (Å²) < 4.78 is 79.6. The quantitative estimate of drug-likeness (QED) is 0.575. The van der Waals surface area contributed by atoms with Gasteiger partial charge in [-0.25, -0.2) is 4.79 Å². The molecule has 0 atom stereocenters. The molecule has 1 rings (SSSR count). The van der Waals surface area contributed by atoms with E-state index in [2.05, 4.69) is 4.74 Å². The molecule has 19 heavy (non-hydrogen) atoms. The second kappa shape index (κ2) is 4.92. The Labute approximate surface area is 107 Å². The number of rotatable bonds is 1. The second-order valence-corrected chi connectivity index (χ2v) is 3.77. The first-order valence-corrected chi connectivity index (χ1v) is 4.92. The lowest BCUT2D eigenvalue weighted by atomic mass is 10.0. The van der Waals surface area contributed by atoms with Crippen LogP contribution in [-0.4, -0.2) is 13.1 Å². The van der Waals surface area contributed by atoms with E-state index in [1.165, 1.54) is 0 Å². The van der Waals surface area contributed by atoms with E-state index in [1.54, 1.807) is 0 Å². The molecule has 0 radical (unpaired) electrons. The molecule has 0 amide bonds. The van der Waals surface area contributed by atoms with Crippen molar-refractivity contribution in [3.05, 3.63) is 33.8 Å². The molecule has 2 nitrogen and oxygen atoms in total. The van der Waals surface area contributed by atoms with Crippen molar-refractivity contribution in [2.24, 2.45) is 0 Å². The van der Waals surface area contributed by atoms with Gasteiger partial charge in [0, 0.05) is 0 Å². The summed E-state index contributed by atoms with van der Waals surface area (Å²) >= 11 is 5.20. The van der Waals surface area contributed by atoms with Gasteiger partial charge in [-0.1, -0.05) is 11.6 Å². The average Bonchev–Trinajstić information content (AvgIpc) is 2.23. The maximum absolute atomic E-state index is 12.6. The molecular weight excluding hydrogens is 302 g/mol. The van der Waals surface area contributed by atoms with Crippen molar-refractivity contribution in [1.29, 1.82) is 0 Å². The first-order chi connectivity index (χ1) is 8.48. The Morgan fingerprint density at radius 3 is 2.00 bits per heavy atom. The summed E-state index contributed by atoms with van der Waals surface area (Å²) in [6, 6.07) is 0.534. The van der Waals surface area contributed by atoms with Gasteiger partial charge in [-0.2, -0.15) is 26.3 Å². The smallest absolute Gasteiger partial charge is 0.418 e. The SMILES string of the molecule is COC(=O)c1cc(Cl)c(C(F)(F)F)c(C(F)(F)F)c1. The fourth-order valence-electron chi connectivity index (χ4n) is 1.35. The Bertz CT molecular complexity index is 506. The topological polar surface area (TPSA) is 26.3 Å². The number of alkyl halides is 6. The van der Waals surface area contributed by atoms with Crippen LogP contribution in [0.5, 0.6) is 0 Å². The van der Waals surface area contributed by atoms with Crippen molar-refractivity contribution >= 4 is 17.6 Å². The molecule has 0 aliphatic rings. The van der Waals surface area contributed by atoms with Crippen LogP contribution in [0.4, 0.5) is 26.3 Å². The minimum Gasteiger partial charge on any atom is -0.465 e. The Morgan fingerprint density at radius 2 is 1.63 bits per heavy atom. The van der Waals surface area contributed by atoms with Crippen LogP contribution in [-0.2, 0) is 17.1 Å². The van der Waals surface area contributed by atoms with Gasteiger partial charge in [-0.3, -0.25) is 0 Å². The fourth-order valence-corrected chi connectivity index (χ4v) is 1.68. The van der Waals surface area contributed by atoms with Crippen LogP contribution in [0.3, 0.4) is 0 Å². The number of methoxy groups -OCH3 is 1. The van der Waals surface area contributed by atoms with Gasteiger partial charge in [-0.05, 0) is 12.1 Å². The van der Waals surface area contributed by atoms with Crippen LogP contribution in [0.25, 0.3) is 0 Å². The van der Waals surface area contributed by atoms with Gasteiger partial charge in [0.05, 0.1) is 28.8 Å². The number of hydrogen-bond donors (Lipinski definition) is 0. The van der Waals surface area contributed by atoms with Crippen molar-refractivity contribution < 1.29 is 35.9 Å². The highest BCUT2D eigenvalue weighted by Gasteiger charge is 2.45. The van der Waals surface area contributed by atoms with E-state index < -0.39 is 40.0 Å². The van der Waals surface area contributed by atoms with E-state index in [9.17, 15) is 31.1 Å². The molecule has 9 heteroatoms. The van der Waals surface area contributed by atoms with Crippen molar-refractivity contribution in [2.45, 2.75) is 12.4 Å². The third-order valence-corrected chi connectivity index (χ3v) is 2.40. The minimum atomic E-state index is -5.31. The summed E-state index contributed by atoms with van der Waals surface area (Å²) in [6.45, 7) is 0. The zero-order chi connectivity index (χ0) is 15.0. The fraction of sp³-hybridized carbons (Fsp3) is 0.300. The maximum atomic E-state index is 12.6. The van der Waals surface area contributed by atoms with Gasteiger partial charge in [-0.15, -0.1) is 0 Å². The Morgan fingerprint density at radius 1 is 1.11 bits per heavy atom. The molecule has 0 aliphatic heterocycles. The van der Waals surface area contributed by atoms with E-state index in [0.29, 0.717) is 6.07 Å². The molecule has 0 bridgehead atoms. The number of hydrogen-bond acceptors (Lipinski definition) is 2. The number of halogens is 7. The maximum Gasteiger partial charge on any atom is 0.418 e. The van der Waals surface area contributed by atoms with Crippen LogP contribution in [0.15, 0.2) is 12.1 Å². The number of esters is 1. The molecular formula is C10H5ClF6O2. The molecule has 0 aromatic heterocycles. The predicted molar refractivity (Wildman–Crippen MR) is 52.8 cm³/mol. The van der Waals surface area contributed by atoms with Gasteiger partial charge in [0.15, 0.2) is 0 Å². The van der Waals surface area contributed by atoms with Crippen LogP contribution < -0.4 is 0 Å². The van der Waals surface area contributed by atoms with E-state index in [1.807, 2.05) is 0 Å². The lowest BCUT2D eigenvalue weighted by molar-refractivity contribution is -0.162. The molecule has 0 heterocycles. The van der Waals surface area contributed by atoms with E-state index in [4.69, 9.17) is 11.6 Å². The molecule has 0 saturated carbocycles. The summed E-state index contributed by atoms with van der Waals surface area (Å²) in [5.41, 5.74) is -4.78.